The number of pyridine rings is 1. The maximum absolute atomic E-state index is 12.8. The second-order valence-electron chi connectivity index (χ2n) is 6.10. The summed E-state index contributed by atoms with van der Waals surface area (Å²) in [5.74, 6) is 0.985. The quantitative estimate of drug-likeness (QED) is 0.777. The van der Waals surface area contributed by atoms with Gasteiger partial charge >= 0.3 is 0 Å². The number of hydrogen-bond donors (Lipinski definition) is 1. The van der Waals surface area contributed by atoms with E-state index >= 15 is 0 Å². The van der Waals surface area contributed by atoms with Gasteiger partial charge in [-0.1, -0.05) is 0 Å². The van der Waals surface area contributed by atoms with E-state index in [0.717, 1.165) is 31.7 Å². The van der Waals surface area contributed by atoms with Gasteiger partial charge in [0.2, 0.25) is 5.95 Å². The van der Waals surface area contributed by atoms with E-state index < -0.39 is 0 Å². The van der Waals surface area contributed by atoms with Gasteiger partial charge in [0.1, 0.15) is 5.82 Å². The van der Waals surface area contributed by atoms with Gasteiger partial charge < -0.3 is 10.2 Å². The maximum Gasteiger partial charge on any atom is 0.259 e. The van der Waals surface area contributed by atoms with Gasteiger partial charge in [-0.2, -0.15) is 5.10 Å². The third-order valence-electron chi connectivity index (χ3n) is 4.28. The van der Waals surface area contributed by atoms with E-state index in [1.165, 1.54) is 11.1 Å². The van der Waals surface area contributed by atoms with Crippen molar-refractivity contribution in [2.75, 3.05) is 23.3 Å². The van der Waals surface area contributed by atoms with Gasteiger partial charge in [-0.3, -0.25) is 4.79 Å². The lowest BCUT2D eigenvalue weighted by molar-refractivity contribution is 0.102. The predicted octanol–water partition coefficient (Wildman–Crippen LogP) is 2.30. The van der Waals surface area contributed by atoms with Crippen molar-refractivity contribution in [3.8, 4) is 5.95 Å². The number of amides is 1. The van der Waals surface area contributed by atoms with Crippen molar-refractivity contribution in [3.05, 3.63) is 54.7 Å². The molecule has 0 aliphatic carbocycles. The molecule has 132 valence electrons. The summed E-state index contributed by atoms with van der Waals surface area (Å²) in [7, 11) is 0. The molecule has 8 nitrogen and oxygen atoms in total. The zero-order chi connectivity index (χ0) is 17.8. The van der Waals surface area contributed by atoms with Crippen molar-refractivity contribution in [2.45, 2.75) is 19.3 Å². The zero-order valence-electron chi connectivity index (χ0n) is 14.2. The summed E-state index contributed by atoms with van der Waals surface area (Å²) in [6.07, 6.45) is 11.8. The Labute approximate surface area is 150 Å². The van der Waals surface area contributed by atoms with Crippen LogP contribution in [0.15, 0.2) is 49.2 Å². The Bertz CT molecular complexity index is 887. The van der Waals surface area contributed by atoms with E-state index in [1.807, 2.05) is 0 Å². The molecule has 1 fully saturated rings. The van der Waals surface area contributed by atoms with E-state index in [9.17, 15) is 4.79 Å². The van der Waals surface area contributed by atoms with Gasteiger partial charge in [0.05, 0.1) is 23.6 Å². The number of nitrogens with zero attached hydrogens (tertiary/aromatic N) is 6. The Morgan fingerprint density at radius 3 is 2.58 bits per heavy atom. The third-order valence-corrected chi connectivity index (χ3v) is 4.28. The Balaban J connectivity index is 1.53. The molecule has 0 radical (unpaired) electrons. The Morgan fingerprint density at radius 1 is 1.00 bits per heavy atom. The van der Waals surface area contributed by atoms with Crippen LogP contribution in [0, 0.1) is 0 Å². The number of rotatable bonds is 4. The molecule has 1 amide bonds. The lowest BCUT2D eigenvalue weighted by Crippen LogP contribution is -2.32. The van der Waals surface area contributed by atoms with E-state index in [-0.39, 0.29) is 5.91 Å². The largest absolute Gasteiger partial charge is 0.356 e. The number of nitrogens with one attached hydrogen (secondary N) is 1. The minimum absolute atomic E-state index is 0.202. The van der Waals surface area contributed by atoms with Crippen LogP contribution in [0.5, 0.6) is 0 Å². The fraction of sp³-hybridized carbons (Fsp3) is 0.278. The van der Waals surface area contributed by atoms with Crippen molar-refractivity contribution < 1.29 is 4.79 Å². The van der Waals surface area contributed by atoms with Gasteiger partial charge in [0, 0.05) is 31.7 Å². The highest BCUT2D eigenvalue weighted by Crippen LogP contribution is 2.22. The average Bonchev–Trinajstić information content (AvgIpc) is 3.18. The monoisotopic (exact) mass is 349 g/mol. The maximum atomic E-state index is 12.8. The average molecular weight is 349 g/mol. The van der Waals surface area contributed by atoms with Crippen molar-refractivity contribution in [2.24, 2.45) is 0 Å². The van der Waals surface area contributed by atoms with Crippen molar-refractivity contribution in [3.63, 3.8) is 0 Å². The van der Waals surface area contributed by atoms with E-state index in [1.54, 1.807) is 49.2 Å². The summed E-state index contributed by atoms with van der Waals surface area (Å²) in [4.78, 5) is 27.7. The molecule has 0 aromatic carbocycles. The molecule has 0 saturated carbocycles. The van der Waals surface area contributed by atoms with Crippen LogP contribution in [0.4, 0.5) is 11.5 Å². The number of aromatic nitrogens is 5. The van der Waals surface area contributed by atoms with Crippen LogP contribution in [0.1, 0.15) is 29.6 Å². The normalized spacial score (nSPS) is 14.2. The summed E-state index contributed by atoms with van der Waals surface area (Å²) in [5, 5.41) is 7.08. The highest BCUT2D eigenvalue weighted by molar-refractivity contribution is 6.07. The van der Waals surface area contributed by atoms with Crippen LogP contribution < -0.4 is 10.2 Å². The molecule has 26 heavy (non-hydrogen) atoms. The van der Waals surface area contributed by atoms with Gasteiger partial charge in [0.15, 0.2) is 0 Å². The standard InChI is InChI=1S/C18H19N7O/c26-17(15-6-4-7-19-16(15)24-10-2-1-3-11-24)23-14-12-22-25(13-14)18-20-8-5-9-21-18/h4-9,12-13H,1-3,10-11H2,(H,23,26). The molecule has 0 atom stereocenters. The van der Waals surface area contributed by atoms with E-state index in [4.69, 9.17) is 0 Å². The van der Waals surface area contributed by atoms with Crippen LogP contribution in [0.2, 0.25) is 0 Å². The molecule has 0 spiro atoms. The summed E-state index contributed by atoms with van der Waals surface area (Å²) >= 11 is 0. The van der Waals surface area contributed by atoms with E-state index in [0.29, 0.717) is 17.2 Å². The molecule has 8 heteroatoms. The fourth-order valence-corrected chi connectivity index (χ4v) is 3.04. The number of hydrogen-bond acceptors (Lipinski definition) is 6. The first-order chi connectivity index (χ1) is 12.8. The Morgan fingerprint density at radius 2 is 1.77 bits per heavy atom. The highest BCUT2D eigenvalue weighted by Gasteiger charge is 2.20. The number of carbonyl (C=O) groups excluding carboxylic acids is 1. The number of carbonyl (C=O) groups is 1. The van der Waals surface area contributed by atoms with Crippen LogP contribution in [0.3, 0.4) is 0 Å². The van der Waals surface area contributed by atoms with Crippen LogP contribution in [-0.2, 0) is 0 Å². The lowest BCUT2D eigenvalue weighted by atomic mass is 10.1. The SMILES string of the molecule is O=C(Nc1cnn(-c2ncccn2)c1)c1cccnc1N1CCCCC1. The molecular weight excluding hydrogens is 330 g/mol. The lowest BCUT2D eigenvalue weighted by Gasteiger charge is -2.29. The Hall–Kier alpha value is -3.29. The van der Waals surface area contributed by atoms with Crippen LogP contribution >= 0.6 is 0 Å². The molecule has 0 bridgehead atoms. The van der Waals surface area contributed by atoms with Crippen molar-refractivity contribution >= 4 is 17.4 Å². The molecule has 1 aliphatic rings. The van der Waals surface area contributed by atoms with Crippen LogP contribution in [-0.4, -0.2) is 43.7 Å². The first-order valence-electron chi connectivity index (χ1n) is 8.64. The minimum Gasteiger partial charge on any atom is -0.356 e. The molecule has 3 aromatic rings. The first-order valence-corrected chi connectivity index (χ1v) is 8.64. The number of piperidine rings is 1. The molecule has 4 heterocycles. The summed E-state index contributed by atoms with van der Waals surface area (Å²) < 4.78 is 1.52. The zero-order valence-corrected chi connectivity index (χ0v) is 14.2. The molecule has 3 aromatic heterocycles. The molecule has 1 N–H and O–H groups in total. The second-order valence-corrected chi connectivity index (χ2v) is 6.10. The van der Waals surface area contributed by atoms with Gasteiger partial charge in [0.25, 0.3) is 5.91 Å². The van der Waals surface area contributed by atoms with Crippen molar-refractivity contribution in [1.82, 2.24) is 24.7 Å². The topological polar surface area (TPSA) is 88.8 Å². The van der Waals surface area contributed by atoms with Gasteiger partial charge in [-0.05, 0) is 37.5 Å². The summed E-state index contributed by atoms with van der Waals surface area (Å²) in [6, 6.07) is 5.32. The third kappa shape index (κ3) is 3.39. The summed E-state index contributed by atoms with van der Waals surface area (Å²) in [5.41, 5.74) is 1.15. The van der Waals surface area contributed by atoms with Crippen LogP contribution in [0.25, 0.3) is 5.95 Å². The molecule has 1 saturated heterocycles. The molecule has 1 aliphatic heterocycles. The molecule has 0 unspecified atom stereocenters. The minimum atomic E-state index is -0.202. The van der Waals surface area contributed by atoms with Gasteiger partial charge in [-0.25, -0.2) is 19.6 Å². The van der Waals surface area contributed by atoms with Crippen molar-refractivity contribution in [1.29, 1.82) is 0 Å². The second kappa shape index (κ2) is 7.30. The predicted molar refractivity (Wildman–Crippen MR) is 97.4 cm³/mol. The van der Waals surface area contributed by atoms with E-state index in [2.05, 4.69) is 30.3 Å². The smallest absolute Gasteiger partial charge is 0.259 e. The highest BCUT2D eigenvalue weighted by atomic mass is 16.1. The molecule has 4 rings (SSSR count). The number of anilines is 2. The molecular formula is C18H19N7O. The van der Waals surface area contributed by atoms with Gasteiger partial charge in [-0.15, -0.1) is 0 Å². The summed E-state index contributed by atoms with van der Waals surface area (Å²) in [6.45, 7) is 1.86. The first kappa shape index (κ1) is 16.2. The fourth-order valence-electron chi connectivity index (χ4n) is 3.04. The Kier molecular flexibility index (Phi) is 4.55.